The number of hydrogen-bond donors (Lipinski definition) is 1. The Morgan fingerprint density at radius 2 is 2.04 bits per heavy atom. The molecule has 0 saturated heterocycles. The van der Waals surface area contributed by atoms with E-state index in [4.69, 9.17) is 16.3 Å². The van der Waals surface area contributed by atoms with Crippen LogP contribution in [0.15, 0.2) is 26.9 Å². The predicted molar refractivity (Wildman–Crippen MR) is 107 cm³/mol. The number of nitrogens with one attached hydrogen (secondary N) is 1. The first kappa shape index (κ1) is 20.4. The lowest BCUT2D eigenvalue weighted by molar-refractivity contribution is -0.115. The van der Waals surface area contributed by atoms with Gasteiger partial charge in [-0.1, -0.05) is 60.3 Å². The lowest BCUT2D eigenvalue weighted by atomic mass is 10.3. The van der Waals surface area contributed by atoms with Gasteiger partial charge in [0.2, 0.25) is 5.91 Å². The first-order chi connectivity index (χ1) is 11.9. The summed E-state index contributed by atoms with van der Waals surface area (Å²) in [6, 6.07) is 5.14. The first-order valence-corrected chi connectivity index (χ1v) is 10.7. The summed E-state index contributed by atoms with van der Waals surface area (Å²) in [5.41, 5.74) is 0.633. The molecule has 0 fully saturated rings. The number of aromatic nitrogens is 2. The molecular formula is C16H20ClN3O2S3. The van der Waals surface area contributed by atoms with Crippen LogP contribution in [-0.4, -0.2) is 34.2 Å². The van der Waals surface area contributed by atoms with E-state index in [0.717, 1.165) is 14.4 Å². The van der Waals surface area contributed by atoms with E-state index in [1.54, 1.807) is 37.1 Å². The van der Waals surface area contributed by atoms with E-state index in [9.17, 15) is 4.79 Å². The Morgan fingerprint density at radius 3 is 2.68 bits per heavy atom. The zero-order chi connectivity index (χ0) is 18.4. The van der Waals surface area contributed by atoms with Crippen molar-refractivity contribution in [3.8, 4) is 5.75 Å². The van der Waals surface area contributed by atoms with Crippen molar-refractivity contribution in [2.75, 3.05) is 18.2 Å². The highest BCUT2D eigenvalue weighted by Crippen LogP contribution is 2.32. The van der Waals surface area contributed by atoms with Crippen LogP contribution in [0, 0.1) is 5.92 Å². The zero-order valence-corrected chi connectivity index (χ0v) is 17.6. The fraction of sp³-hybridized carbons (Fsp3) is 0.438. The summed E-state index contributed by atoms with van der Waals surface area (Å²) in [6.07, 6.45) is 0. The SMILES string of the molecule is COc1ccc(NC(=O)[C@@H](C)Sc2nnc(SCC(C)C)s2)cc1Cl. The highest BCUT2D eigenvalue weighted by molar-refractivity contribution is 8.03. The van der Waals surface area contributed by atoms with Gasteiger partial charge in [0.1, 0.15) is 5.75 Å². The molecule has 1 N–H and O–H groups in total. The highest BCUT2D eigenvalue weighted by Gasteiger charge is 2.18. The number of ether oxygens (including phenoxy) is 1. The van der Waals surface area contributed by atoms with Gasteiger partial charge in [0.25, 0.3) is 0 Å². The minimum absolute atomic E-state index is 0.113. The van der Waals surface area contributed by atoms with Crippen LogP contribution in [0.5, 0.6) is 5.75 Å². The molecule has 0 aliphatic heterocycles. The van der Waals surface area contributed by atoms with Crippen LogP contribution in [-0.2, 0) is 4.79 Å². The maximum absolute atomic E-state index is 12.3. The number of benzene rings is 1. The number of halogens is 1. The van der Waals surface area contributed by atoms with E-state index in [0.29, 0.717) is 22.4 Å². The number of carbonyl (C=O) groups excluding carboxylic acids is 1. The van der Waals surface area contributed by atoms with Gasteiger partial charge in [-0.3, -0.25) is 4.79 Å². The fourth-order valence-electron chi connectivity index (χ4n) is 1.73. The number of thioether (sulfide) groups is 2. The Hall–Kier alpha value is -0.960. The smallest absolute Gasteiger partial charge is 0.237 e. The van der Waals surface area contributed by atoms with Crippen molar-refractivity contribution in [1.29, 1.82) is 0 Å². The first-order valence-electron chi connectivity index (χ1n) is 7.66. The molecule has 1 heterocycles. The van der Waals surface area contributed by atoms with Gasteiger partial charge in [-0.25, -0.2) is 0 Å². The average molecular weight is 418 g/mol. The van der Waals surface area contributed by atoms with E-state index in [2.05, 4.69) is 29.4 Å². The Labute approximate surface area is 165 Å². The topological polar surface area (TPSA) is 64.1 Å². The van der Waals surface area contributed by atoms with E-state index in [1.807, 2.05) is 6.92 Å². The van der Waals surface area contributed by atoms with Gasteiger partial charge in [0.05, 0.1) is 17.4 Å². The van der Waals surface area contributed by atoms with Gasteiger partial charge < -0.3 is 10.1 Å². The molecule has 5 nitrogen and oxygen atoms in total. The number of nitrogens with zero attached hydrogens (tertiary/aromatic N) is 2. The second kappa shape index (κ2) is 9.66. The molecule has 0 aliphatic rings. The molecule has 0 spiro atoms. The van der Waals surface area contributed by atoms with Gasteiger partial charge >= 0.3 is 0 Å². The number of carbonyl (C=O) groups is 1. The molecule has 0 radical (unpaired) electrons. The Morgan fingerprint density at radius 1 is 1.32 bits per heavy atom. The van der Waals surface area contributed by atoms with Crippen LogP contribution >= 0.6 is 46.5 Å². The lowest BCUT2D eigenvalue weighted by Crippen LogP contribution is -2.22. The summed E-state index contributed by atoms with van der Waals surface area (Å²) in [5.74, 6) is 2.07. The molecule has 0 unspecified atom stereocenters. The number of rotatable bonds is 8. The minimum Gasteiger partial charge on any atom is -0.495 e. The third-order valence-electron chi connectivity index (χ3n) is 2.99. The van der Waals surface area contributed by atoms with Crippen molar-refractivity contribution in [2.24, 2.45) is 5.92 Å². The molecule has 9 heteroatoms. The lowest BCUT2D eigenvalue weighted by Gasteiger charge is -2.11. The molecule has 0 saturated carbocycles. The number of anilines is 1. The number of methoxy groups -OCH3 is 1. The Kier molecular flexibility index (Phi) is 7.86. The highest BCUT2D eigenvalue weighted by atomic mass is 35.5. The van der Waals surface area contributed by atoms with E-state index < -0.39 is 0 Å². The molecule has 1 amide bonds. The molecular weight excluding hydrogens is 398 g/mol. The third kappa shape index (κ3) is 6.36. The minimum atomic E-state index is -0.295. The van der Waals surface area contributed by atoms with Crippen molar-refractivity contribution in [3.05, 3.63) is 23.2 Å². The zero-order valence-electron chi connectivity index (χ0n) is 14.4. The Balaban J connectivity index is 1.90. The standard InChI is InChI=1S/C16H20ClN3O2S3/c1-9(2)8-23-15-19-20-16(25-15)24-10(3)14(21)18-11-5-6-13(22-4)12(17)7-11/h5-7,9-10H,8H2,1-4H3,(H,18,21)/t10-/m1/s1. The molecule has 0 aliphatic carbocycles. The third-order valence-corrected chi connectivity index (χ3v) is 6.96. The predicted octanol–water partition coefficient (Wildman–Crippen LogP) is 5.07. The van der Waals surface area contributed by atoms with Crippen LogP contribution in [0.3, 0.4) is 0 Å². The second-order valence-corrected chi connectivity index (χ2v) is 9.88. The van der Waals surface area contributed by atoms with Crippen molar-refractivity contribution >= 4 is 58.1 Å². The molecule has 1 aromatic carbocycles. The summed E-state index contributed by atoms with van der Waals surface area (Å²) in [6.45, 7) is 6.18. The van der Waals surface area contributed by atoms with Gasteiger partial charge in [-0.05, 0) is 31.0 Å². The summed E-state index contributed by atoms with van der Waals surface area (Å²) in [4.78, 5) is 12.3. The van der Waals surface area contributed by atoms with E-state index in [-0.39, 0.29) is 11.2 Å². The monoisotopic (exact) mass is 417 g/mol. The van der Waals surface area contributed by atoms with Crippen LogP contribution in [0.4, 0.5) is 5.69 Å². The molecule has 1 atom stereocenters. The maximum atomic E-state index is 12.3. The molecule has 136 valence electrons. The molecule has 0 bridgehead atoms. The van der Waals surface area contributed by atoms with Crippen molar-refractivity contribution in [3.63, 3.8) is 0 Å². The van der Waals surface area contributed by atoms with Crippen LogP contribution in [0.2, 0.25) is 5.02 Å². The number of hydrogen-bond acceptors (Lipinski definition) is 7. The molecule has 2 aromatic rings. The van der Waals surface area contributed by atoms with E-state index >= 15 is 0 Å². The number of amides is 1. The van der Waals surface area contributed by atoms with Gasteiger partial charge in [-0.2, -0.15) is 0 Å². The van der Waals surface area contributed by atoms with Gasteiger partial charge in [0, 0.05) is 11.4 Å². The summed E-state index contributed by atoms with van der Waals surface area (Å²) in [7, 11) is 1.55. The quantitative estimate of drug-likeness (QED) is 0.605. The largest absolute Gasteiger partial charge is 0.495 e. The Bertz CT molecular complexity index is 724. The second-order valence-electron chi connectivity index (χ2n) is 5.64. The molecule has 2 rings (SSSR count). The summed E-state index contributed by atoms with van der Waals surface area (Å²) >= 11 is 10.7. The average Bonchev–Trinajstić information content (AvgIpc) is 3.00. The van der Waals surface area contributed by atoms with Crippen molar-refractivity contribution < 1.29 is 9.53 Å². The van der Waals surface area contributed by atoms with Crippen LogP contribution < -0.4 is 10.1 Å². The van der Waals surface area contributed by atoms with Crippen molar-refractivity contribution in [1.82, 2.24) is 10.2 Å². The summed E-state index contributed by atoms with van der Waals surface area (Å²) in [5, 5.41) is 11.3. The molecule has 1 aromatic heterocycles. The summed E-state index contributed by atoms with van der Waals surface area (Å²) < 4.78 is 6.83. The van der Waals surface area contributed by atoms with E-state index in [1.165, 1.54) is 23.1 Å². The van der Waals surface area contributed by atoms with Crippen LogP contribution in [0.1, 0.15) is 20.8 Å². The van der Waals surface area contributed by atoms with Crippen LogP contribution in [0.25, 0.3) is 0 Å². The normalized spacial score (nSPS) is 12.2. The van der Waals surface area contributed by atoms with Crippen molar-refractivity contribution in [2.45, 2.75) is 34.7 Å². The van der Waals surface area contributed by atoms with Gasteiger partial charge in [0.15, 0.2) is 8.68 Å². The fourth-order valence-corrected chi connectivity index (χ4v) is 5.13. The molecule has 25 heavy (non-hydrogen) atoms. The maximum Gasteiger partial charge on any atom is 0.237 e. The van der Waals surface area contributed by atoms with Gasteiger partial charge in [-0.15, -0.1) is 10.2 Å².